The SMILES string of the molecule is CCc1ncnc(-c2ccc(C(=O)N3CCCCC3)c(F)c2)c1C#Cc1ccc(N)nc1C. The molecule has 1 aliphatic heterocycles. The number of pyridine rings is 1. The Bertz CT molecular complexity index is 1260. The van der Waals surface area contributed by atoms with Gasteiger partial charge in [-0.15, -0.1) is 0 Å². The third kappa shape index (κ3) is 4.85. The number of amides is 1. The molecule has 1 amide bonds. The zero-order valence-corrected chi connectivity index (χ0v) is 18.9. The number of nitrogen functional groups attached to an aromatic ring is 1. The molecule has 2 aromatic heterocycles. The van der Waals surface area contributed by atoms with Crippen molar-refractivity contribution in [3.05, 3.63) is 70.6 Å². The van der Waals surface area contributed by atoms with E-state index in [2.05, 4.69) is 26.8 Å². The number of carbonyl (C=O) groups excluding carboxylic acids is 1. The van der Waals surface area contributed by atoms with Gasteiger partial charge in [0.25, 0.3) is 5.91 Å². The number of aromatic nitrogens is 3. The van der Waals surface area contributed by atoms with Crippen LogP contribution in [0.2, 0.25) is 0 Å². The molecular formula is C26H26FN5O. The fourth-order valence-corrected chi connectivity index (χ4v) is 3.99. The zero-order valence-electron chi connectivity index (χ0n) is 18.9. The van der Waals surface area contributed by atoms with Gasteiger partial charge in [0, 0.05) is 24.2 Å². The Morgan fingerprint density at radius 2 is 1.91 bits per heavy atom. The Hall–Kier alpha value is -3.79. The second kappa shape index (κ2) is 9.78. The lowest BCUT2D eigenvalue weighted by Crippen LogP contribution is -2.36. The van der Waals surface area contributed by atoms with Gasteiger partial charge < -0.3 is 10.6 Å². The van der Waals surface area contributed by atoms with Gasteiger partial charge in [-0.2, -0.15) is 0 Å². The third-order valence-corrected chi connectivity index (χ3v) is 5.81. The molecule has 3 heterocycles. The van der Waals surface area contributed by atoms with Crippen molar-refractivity contribution >= 4 is 11.7 Å². The first-order valence-corrected chi connectivity index (χ1v) is 11.2. The molecule has 0 aliphatic carbocycles. The number of rotatable bonds is 3. The maximum Gasteiger partial charge on any atom is 0.256 e. The normalized spacial score (nSPS) is 13.4. The molecule has 6 nitrogen and oxygen atoms in total. The van der Waals surface area contributed by atoms with Crippen LogP contribution in [0.15, 0.2) is 36.7 Å². The number of likely N-dealkylation sites (tertiary alicyclic amines) is 1. The molecule has 0 unspecified atom stereocenters. The summed E-state index contributed by atoms with van der Waals surface area (Å²) >= 11 is 0. The number of halogens is 1. The van der Waals surface area contributed by atoms with Gasteiger partial charge in [0.1, 0.15) is 18.0 Å². The second-order valence-electron chi connectivity index (χ2n) is 8.06. The standard InChI is InChI=1S/C26H26FN5O/c1-3-23-21(11-7-18-9-12-24(28)31-17(18)2)25(30-16-29-23)19-8-10-20(22(27)15-19)26(33)32-13-5-4-6-14-32/h8-10,12,15-16H,3-6,13-14H2,1-2H3,(H2,28,31). The first-order valence-electron chi connectivity index (χ1n) is 11.2. The van der Waals surface area contributed by atoms with Crippen LogP contribution in [-0.4, -0.2) is 38.8 Å². The summed E-state index contributed by atoms with van der Waals surface area (Å²) in [5.74, 6) is 5.90. The van der Waals surface area contributed by atoms with E-state index >= 15 is 4.39 Å². The van der Waals surface area contributed by atoms with Crippen molar-refractivity contribution in [1.29, 1.82) is 0 Å². The minimum absolute atomic E-state index is 0.0848. The molecule has 0 spiro atoms. The van der Waals surface area contributed by atoms with Crippen LogP contribution in [0.5, 0.6) is 0 Å². The van der Waals surface area contributed by atoms with Crippen LogP contribution in [0.3, 0.4) is 0 Å². The average molecular weight is 444 g/mol. The molecule has 1 fully saturated rings. The summed E-state index contributed by atoms with van der Waals surface area (Å²) < 4.78 is 15.0. The van der Waals surface area contributed by atoms with Gasteiger partial charge >= 0.3 is 0 Å². The molecule has 0 radical (unpaired) electrons. The van der Waals surface area contributed by atoms with Crippen molar-refractivity contribution in [2.24, 2.45) is 0 Å². The van der Waals surface area contributed by atoms with E-state index in [0.29, 0.717) is 42.1 Å². The highest BCUT2D eigenvalue weighted by Gasteiger charge is 2.22. The van der Waals surface area contributed by atoms with Gasteiger partial charge in [-0.05, 0) is 56.9 Å². The highest BCUT2D eigenvalue weighted by molar-refractivity contribution is 5.95. The largest absolute Gasteiger partial charge is 0.384 e. The Labute approximate surface area is 193 Å². The van der Waals surface area contributed by atoms with Crippen LogP contribution >= 0.6 is 0 Å². The van der Waals surface area contributed by atoms with E-state index in [1.807, 2.05) is 19.9 Å². The first kappa shape index (κ1) is 22.4. The van der Waals surface area contributed by atoms with E-state index in [1.54, 1.807) is 23.1 Å². The lowest BCUT2D eigenvalue weighted by molar-refractivity contribution is 0.0719. The van der Waals surface area contributed by atoms with Gasteiger partial charge in [-0.3, -0.25) is 4.79 Å². The van der Waals surface area contributed by atoms with Crippen molar-refractivity contribution in [3.63, 3.8) is 0 Å². The molecule has 2 N–H and O–H groups in total. The number of piperidine rings is 1. The van der Waals surface area contributed by atoms with E-state index in [-0.39, 0.29) is 11.5 Å². The smallest absolute Gasteiger partial charge is 0.256 e. The highest BCUT2D eigenvalue weighted by atomic mass is 19.1. The van der Waals surface area contributed by atoms with Crippen LogP contribution < -0.4 is 5.73 Å². The van der Waals surface area contributed by atoms with Crippen molar-refractivity contribution in [2.75, 3.05) is 18.8 Å². The van der Waals surface area contributed by atoms with Crippen LogP contribution in [0.25, 0.3) is 11.3 Å². The molecule has 1 saturated heterocycles. The maximum atomic E-state index is 15.0. The number of nitrogens with two attached hydrogens (primary N) is 1. The number of aryl methyl sites for hydroxylation is 2. The van der Waals surface area contributed by atoms with Gasteiger partial charge in [-0.1, -0.05) is 24.8 Å². The van der Waals surface area contributed by atoms with Gasteiger partial charge in [0.2, 0.25) is 0 Å². The summed E-state index contributed by atoms with van der Waals surface area (Å²) in [5, 5.41) is 0. The van der Waals surface area contributed by atoms with Crippen LogP contribution in [0.4, 0.5) is 10.2 Å². The Balaban J connectivity index is 1.72. The third-order valence-electron chi connectivity index (χ3n) is 5.81. The van der Waals surface area contributed by atoms with E-state index < -0.39 is 5.82 Å². The average Bonchev–Trinajstić information content (AvgIpc) is 2.83. The number of hydrogen-bond donors (Lipinski definition) is 1. The fraction of sp³-hybridized carbons (Fsp3) is 0.308. The second-order valence-corrected chi connectivity index (χ2v) is 8.06. The van der Waals surface area contributed by atoms with Gasteiger partial charge in [0.15, 0.2) is 0 Å². The zero-order chi connectivity index (χ0) is 23.4. The summed E-state index contributed by atoms with van der Waals surface area (Å²) in [7, 11) is 0. The Morgan fingerprint density at radius 1 is 1.12 bits per heavy atom. The molecule has 168 valence electrons. The number of carbonyl (C=O) groups is 1. The quantitative estimate of drug-likeness (QED) is 0.615. The number of nitrogens with zero attached hydrogens (tertiary/aromatic N) is 4. The molecule has 33 heavy (non-hydrogen) atoms. The summed E-state index contributed by atoms with van der Waals surface area (Å²) in [6.45, 7) is 5.17. The predicted molar refractivity (Wildman–Crippen MR) is 126 cm³/mol. The maximum absolute atomic E-state index is 15.0. The summed E-state index contributed by atoms with van der Waals surface area (Å²) in [6, 6.07) is 8.15. The highest BCUT2D eigenvalue weighted by Crippen LogP contribution is 2.26. The van der Waals surface area contributed by atoms with Crippen molar-refractivity contribution < 1.29 is 9.18 Å². The molecule has 3 aromatic rings. The number of anilines is 1. The van der Waals surface area contributed by atoms with Crippen LogP contribution in [0, 0.1) is 24.6 Å². The van der Waals surface area contributed by atoms with E-state index in [1.165, 1.54) is 12.4 Å². The minimum atomic E-state index is -0.558. The number of benzene rings is 1. The minimum Gasteiger partial charge on any atom is -0.384 e. The fourth-order valence-electron chi connectivity index (χ4n) is 3.99. The molecule has 1 aromatic carbocycles. The molecule has 0 atom stereocenters. The van der Waals surface area contributed by atoms with E-state index in [9.17, 15) is 4.79 Å². The first-order chi connectivity index (χ1) is 16.0. The van der Waals surface area contributed by atoms with E-state index in [4.69, 9.17) is 5.73 Å². The van der Waals surface area contributed by atoms with Gasteiger partial charge in [-0.25, -0.2) is 19.3 Å². The van der Waals surface area contributed by atoms with Crippen LogP contribution in [-0.2, 0) is 6.42 Å². The van der Waals surface area contributed by atoms with Crippen molar-refractivity contribution in [3.8, 4) is 23.1 Å². The summed E-state index contributed by atoms with van der Waals surface area (Å²) in [5.41, 5.74) is 9.77. The molecule has 4 rings (SSSR count). The van der Waals surface area contributed by atoms with Gasteiger partial charge in [0.05, 0.1) is 28.2 Å². The molecule has 0 saturated carbocycles. The molecule has 0 bridgehead atoms. The van der Waals surface area contributed by atoms with E-state index in [0.717, 1.165) is 36.2 Å². The topological polar surface area (TPSA) is 85.0 Å². The predicted octanol–water partition coefficient (Wildman–Crippen LogP) is 4.16. The summed E-state index contributed by atoms with van der Waals surface area (Å²) in [4.78, 5) is 27.5. The lowest BCUT2D eigenvalue weighted by atomic mass is 10.0. The van der Waals surface area contributed by atoms with Crippen molar-refractivity contribution in [1.82, 2.24) is 19.9 Å². The Morgan fingerprint density at radius 3 is 2.61 bits per heavy atom. The molecule has 1 aliphatic rings. The molecular weight excluding hydrogens is 417 g/mol. The summed E-state index contributed by atoms with van der Waals surface area (Å²) in [6.07, 6.45) is 5.12. The Kier molecular flexibility index (Phi) is 6.64. The monoisotopic (exact) mass is 443 g/mol. The van der Waals surface area contributed by atoms with Crippen molar-refractivity contribution in [2.45, 2.75) is 39.5 Å². The van der Waals surface area contributed by atoms with Crippen LogP contribution in [0.1, 0.15) is 59.1 Å². The number of hydrogen-bond acceptors (Lipinski definition) is 5. The lowest BCUT2D eigenvalue weighted by Gasteiger charge is -2.26. The molecule has 7 heteroatoms.